The second kappa shape index (κ2) is 18.6. The maximum absolute atomic E-state index is 13.0. The maximum atomic E-state index is 13.0. The molecule has 0 spiro atoms. The lowest BCUT2D eigenvalue weighted by molar-refractivity contribution is 0.0756. The zero-order chi connectivity index (χ0) is 33.7. The molecule has 2 rings (SSSR count). The van der Waals surface area contributed by atoms with Crippen molar-refractivity contribution in [2.45, 2.75) is 106 Å². The van der Waals surface area contributed by atoms with Crippen molar-refractivity contribution in [1.29, 1.82) is 0 Å². The van der Waals surface area contributed by atoms with Crippen LogP contribution < -0.4 is 9.47 Å². The summed E-state index contributed by atoms with van der Waals surface area (Å²) in [5.41, 5.74) is 4.78. The summed E-state index contributed by atoms with van der Waals surface area (Å²) in [7, 11) is 3.18. The average molecular weight is 615 g/mol. The van der Waals surface area contributed by atoms with Gasteiger partial charge in [-0.3, -0.25) is 9.59 Å². The van der Waals surface area contributed by atoms with Gasteiger partial charge in [-0.1, -0.05) is 45.0 Å². The molecule has 44 heavy (non-hydrogen) atoms. The first-order valence-corrected chi connectivity index (χ1v) is 16.1. The predicted octanol–water partition coefficient (Wildman–Crippen LogP) is 6.72. The highest BCUT2D eigenvalue weighted by Crippen LogP contribution is 2.36. The topological polar surface area (TPSA) is 99.5 Å². The number of rotatable bonds is 14. The largest absolute Gasteiger partial charge is 0.496 e. The first kappa shape index (κ1) is 38.9. The van der Waals surface area contributed by atoms with E-state index in [1.165, 1.54) is 0 Å². The third kappa shape index (κ3) is 8.98. The van der Waals surface area contributed by atoms with Gasteiger partial charge in [0.2, 0.25) is 0 Å². The Morgan fingerprint density at radius 3 is 1.39 bits per heavy atom. The molecule has 0 saturated heterocycles. The zero-order valence-electron chi connectivity index (χ0n) is 29.3. The van der Waals surface area contributed by atoms with Crippen LogP contribution in [-0.2, 0) is 0 Å². The highest BCUT2D eigenvalue weighted by Gasteiger charge is 2.29. The standard InChI is InChI=1S/2C18H29NO3/c1-7-15(20)13(5)14-11-10-12(4)17(22-6)16(14)18(21)19(8-2)9-3;1-7-14(13(5)20)15-11-10-12(4)17(22-6)16(15)18(21)19(8-2)9-3/h10-11,13,15,20H,7-9H2,1-6H3;10-11,13-14,20H,7-9H2,1-6H3. The molecule has 2 N–H and O–H groups in total. The summed E-state index contributed by atoms with van der Waals surface area (Å²) < 4.78 is 11.0. The Bertz CT molecular complexity index is 1200. The molecule has 0 fully saturated rings. The number of ether oxygens (including phenoxy) is 2. The zero-order valence-corrected chi connectivity index (χ0v) is 29.3. The van der Waals surface area contributed by atoms with E-state index in [-0.39, 0.29) is 23.7 Å². The van der Waals surface area contributed by atoms with Crippen molar-refractivity contribution in [3.8, 4) is 11.5 Å². The first-order chi connectivity index (χ1) is 20.8. The van der Waals surface area contributed by atoms with Crippen molar-refractivity contribution in [1.82, 2.24) is 9.80 Å². The molecule has 0 bridgehead atoms. The summed E-state index contributed by atoms with van der Waals surface area (Å²) in [6.45, 7) is 22.0. The third-order valence-electron chi connectivity index (χ3n) is 8.62. The fraction of sp³-hybridized carbons (Fsp3) is 0.611. The fourth-order valence-electron chi connectivity index (χ4n) is 5.78. The van der Waals surface area contributed by atoms with Crippen LogP contribution in [0.4, 0.5) is 0 Å². The van der Waals surface area contributed by atoms with E-state index < -0.39 is 12.2 Å². The van der Waals surface area contributed by atoms with Crippen molar-refractivity contribution in [2.24, 2.45) is 0 Å². The van der Waals surface area contributed by atoms with Crippen molar-refractivity contribution in [2.75, 3.05) is 40.4 Å². The minimum absolute atomic E-state index is 0.0281. The van der Waals surface area contributed by atoms with Gasteiger partial charge < -0.3 is 29.5 Å². The van der Waals surface area contributed by atoms with Crippen LogP contribution in [0.15, 0.2) is 24.3 Å². The molecule has 4 atom stereocenters. The van der Waals surface area contributed by atoms with Gasteiger partial charge in [0.1, 0.15) is 11.5 Å². The number of carbonyl (C=O) groups excluding carboxylic acids is 2. The van der Waals surface area contributed by atoms with Crippen LogP contribution in [0, 0.1) is 13.8 Å². The number of aliphatic hydroxyl groups excluding tert-OH is 2. The Kier molecular flexibility index (Phi) is 16.5. The van der Waals surface area contributed by atoms with Gasteiger partial charge in [0.15, 0.2) is 0 Å². The molecule has 4 unspecified atom stereocenters. The van der Waals surface area contributed by atoms with Crippen LogP contribution in [0.25, 0.3) is 0 Å². The molecule has 0 aliphatic rings. The van der Waals surface area contributed by atoms with Crippen LogP contribution >= 0.6 is 0 Å². The van der Waals surface area contributed by atoms with Gasteiger partial charge in [0.05, 0.1) is 37.6 Å². The Labute approximate surface area is 266 Å². The van der Waals surface area contributed by atoms with Gasteiger partial charge in [-0.2, -0.15) is 0 Å². The average Bonchev–Trinajstić information content (AvgIpc) is 3.01. The molecular formula is C36H58N2O6. The minimum Gasteiger partial charge on any atom is -0.496 e. The molecule has 8 heteroatoms. The highest BCUT2D eigenvalue weighted by atomic mass is 16.5. The van der Waals surface area contributed by atoms with E-state index in [1.54, 1.807) is 30.9 Å². The molecule has 0 aliphatic heterocycles. The molecule has 2 aromatic carbocycles. The van der Waals surface area contributed by atoms with E-state index in [2.05, 4.69) is 0 Å². The molecule has 0 radical (unpaired) electrons. The Morgan fingerprint density at radius 1 is 0.682 bits per heavy atom. The number of aliphatic hydroxyl groups is 2. The molecule has 0 saturated carbocycles. The maximum Gasteiger partial charge on any atom is 0.257 e. The number of carbonyl (C=O) groups is 2. The van der Waals surface area contributed by atoms with E-state index >= 15 is 0 Å². The molecule has 0 aliphatic carbocycles. The highest BCUT2D eigenvalue weighted by molar-refractivity contribution is 6.00. The lowest BCUT2D eigenvalue weighted by Crippen LogP contribution is -2.32. The van der Waals surface area contributed by atoms with Crippen molar-refractivity contribution >= 4 is 11.8 Å². The second-order valence-electron chi connectivity index (χ2n) is 11.2. The van der Waals surface area contributed by atoms with Crippen LogP contribution in [0.3, 0.4) is 0 Å². The Balaban J connectivity index is 0.000000440. The van der Waals surface area contributed by atoms with Gasteiger partial charge in [0, 0.05) is 38.0 Å². The molecule has 0 heterocycles. The van der Waals surface area contributed by atoms with Gasteiger partial charge >= 0.3 is 0 Å². The van der Waals surface area contributed by atoms with Crippen molar-refractivity contribution in [3.63, 3.8) is 0 Å². The van der Waals surface area contributed by atoms with Gasteiger partial charge in [0.25, 0.3) is 11.8 Å². The monoisotopic (exact) mass is 614 g/mol. The number of amides is 2. The quantitative estimate of drug-likeness (QED) is 0.245. The van der Waals surface area contributed by atoms with Crippen LogP contribution in [0.2, 0.25) is 0 Å². The van der Waals surface area contributed by atoms with E-state index in [1.807, 2.05) is 86.6 Å². The minimum atomic E-state index is -0.513. The summed E-state index contributed by atoms with van der Waals surface area (Å²) in [6.07, 6.45) is 0.426. The summed E-state index contributed by atoms with van der Waals surface area (Å²) in [6, 6.07) is 7.80. The number of aryl methyl sites for hydroxylation is 2. The summed E-state index contributed by atoms with van der Waals surface area (Å²) in [4.78, 5) is 29.5. The molecular weight excluding hydrogens is 556 g/mol. The van der Waals surface area contributed by atoms with Crippen molar-refractivity contribution < 1.29 is 29.3 Å². The summed E-state index contributed by atoms with van der Waals surface area (Å²) in [5.74, 6) is 0.978. The lowest BCUT2D eigenvalue weighted by atomic mass is 9.86. The van der Waals surface area contributed by atoms with E-state index in [0.717, 1.165) is 28.7 Å². The second-order valence-corrected chi connectivity index (χ2v) is 11.2. The summed E-state index contributed by atoms with van der Waals surface area (Å²) in [5, 5.41) is 20.3. The van der Waals surface area contributed by atoms with Crippen LogP contribution in [-0.4, -0.2) is 84.4 Å². The Hall–Kier alpha value is -3.10. The molecule has 2 amide bonds. The molecule has 0 aromatic heterocycles. The summed E-state index contributed by atoms with van der Waals surface area (Å²) >= 11 is 0. The normalized spacial score (nSPS) is 13.6. The van der Waals surface area contributed by atoms with Crippen LogP contribution in [0.5, 0.6) is 11.5 Å². The SMILES string of the molecule is CCC(O)C(C)c1ccc(C)c(OC)c1C(=O)N(CC)CC.CCC(c1ccc(C)c(OC)c1C(=O)N(CC)CC)C(C)O. The lowest BCUT2D eigenvalue weighted by Gasteiger charge is -2.27. The first-order valence-electron chi connectivity index (χ1n) is 16.1. The Morgan fingerprint density at radius 2 is 1.07 bits per heavy atom. The molecule has 2 aromatic rings. The number of hydrogen-bond acceptors (Lipinski definition) is 6. The smallest absolute Gasteiger partial charge is 0.257 e. The fourth-order valence-corrected chi connectivity index (χ4v) is 5.78. The molecule has 248 valence electrons. The van der Waals surface area contributed by atoms with E-state index in [4.69, 9.17) is 9.47 Å². The van der Waals surface area contributed by atoms with Crippen molar-refractivity contribution in [3.05, 3.63) is 57.6 Å². The number of benzene rings is 2. The van der Waals surface area contributed by atoms with E-state index in [0.29, 0.717) is 55.2 Å². The number of methoxy groups -OCH3 is 2. The van der Waals surface area contributed by atoms with Gasteiger partial charge in [-0.25, -0.2) is 0 Å². The van der Waals surface area contributed by atoms with Crippen LogP contribution in [0.1, 0.15) is 123 Å². The van der Waals surface area contributed by atoms with E-state index in [9.17, 15) is 19.8 Å². The van der Waals surface area contributed by atoms with Gasteiger partial charge in [-0.05, 0) is 83.6 Å². The number of hydrogen-bond donors (Lipinski definition) is 2. The number of nitrogens with zero attached hydrogens (tertiary/aromatic N) is 2. The third-order valence-corrected chi connectivity index (χ3v) is 8.62. The predicted molar refractivity (Wildman–Crippen MR) is 179 cm³/mol. The molecule has 8 nitrogen and oxygen atoms in total. The van der Waals surface area contributed by atoms with Gasteiger partial charge in [-0.15, -0.1) is 0 Å².